The monoisotopic (exact) mass is 343 g/mol. The Morgan fingerprint density at radius 1 is 1.25 bits per heavy atom. The van der Waals surface area contributed by atoms with Gasteiger partial charge >= 0.3 is 12.1 Å². The first kappa shape index (κ1) is 18.0. The summed E-state index contributed by atoms with van der Waals surface area (Å²) in [5.74, 6) is -3.21. The molecular weight excluding hydrogens is 327 g/mol. The Morgan fingerprint density at radius 3 is 2.50 bits per heavy atom. The average Bonchev–Trinajstić information content (AvgIpc) is 2.51. The van der Waals surface area contributed by atoms with Gasteiger partial charge in [-0.05, 0) is 30.9 Å². The maximum atomic E-state index is 13.0. The summed E-state index contributed by atoms with van der Waals surface area (Å²) in [6.45, 7) is 0. The van der Waals surface area contributed by atoms with Gasteiger partial charge in [-0.1, -0.05) is 12.1 Å². The van der Waals surface area contributed by atoms with E-state index in [2.05, 4.69) is 5.32 Å². The molecule has 0 spiro atoms. The summed E-state index contributed by atoms with van der Waals surface area (Å²) >= 11 is 0. The first-order valence-corrected chi connectivity index (χ1v) is 7.41. The Hall–Kier alpha value is -2.38. The van der Waals surface area contributed by atoms with E-state index in [0.29, 0.717) is 19.3 Å². The molecule has 0 aromatic heterocycles. The molecule has 0 aliphatic heterocycles. The Bertz CT molecular complexity index is 657. The fourth-order valence-corrected chi connectivity index (χ4v) is 2.87. The lowest BCUT2D eigenvalue weighted by Gasteiger charge is -2.27. The lowest BCUT2D eigenvalue weighted by atomic mass is 9.83. The Kier molecular flexibility index (Phi) is 5.26. The van der Waals surface area contributed by atoms with Crippen LogP contribution in [0.15, 0.2) is 24.3 Å². The topological polar surface area (TPSA) is 83.5 Å². The number of rotatable bonds is 4. The van der Waals surface area contributed by atoms with E-state index in [9.17, 15) is 32.7 Å². The van der Waals surface area contributed by atoms with Gasteiger partial charge < -0.3 is 10.4 Å². The Labute approximate surface area is 135 Å². The molecule has 5 nitrogen and oxygen atoms in total. The van der Waals surface area contributed by atoms with Crippen molar-refractivity contribution >= 4 is 17.7 Å². The molecule has 0 bridgehead atoms. The van der Waals surface area contributed by atoms with E-state index in [0.717, 1.165) is 18.2 Å². The van der Waals surface area contributed by atoms with Crippen molar-refractivity contribution in [3.8, 4) is 0 Å². The standard InChI is InChI=1S/C16H16F3NO4/c17-16(18,19)12-7-2-1-6-11(12)14(22)20-13(15(23)24)9-4-3-5-10(21)8-9/h1-2,6-7,9,13H,3-5,8H2,(H,20,22)(H,23,24)/t9-,13+/m0/s1. The van der Waals surface area contributed by atoms with Gasteiger partial charge in [0.05, 0.1) is 11.1 Å². The zero-order valence-electron chi connectivity index (χ0n) is 12.6. The van der Waals surface area contributed by atoms with E-state index in [1.165, 1.54) is 6.07 Å². The van der Waals surface area contributed by atoms with Crippen LogP contribution in [-0.2, 0) is 15.8 Å². The average molecular weight is 343 g/mol. The number of nitrogens with one attached hydrogen (secondary N) is 1. The number of hydrogen-bond acceptors (Lipinski definition) is 3. The first-order valence-electron chi connectivity index (χ1n) is 7.41. The maximum Gasteiger partial charge on any atom is 0.417 e. The largest absolute Gasteiger partial charge is 0.480 e. The van der Waals surface area contributed by atoms with Crippen LogP contribution in [0.5, 0.6) is 0 Å². The molecule has 0 unspecified atom stereocenters. The van der Waals surface area contributed by atoms with Crippen LogP contribution in [0.3, 0.4) is 0 Å². The number of hydrogen-bond donors (Lipinski definition) is 2. The molecular formula is C16H16F3NO4. The van der Waals surface area contributed by atoms with Gasteiger partial charge in [0.15, 0.2) is 0 Å². The number of carboxylic acids is 1. The molecule has 1 amide bonds. The van der Waals surface area contributed by atoms with Crippen molar-refractivity contribution in [2.24, 2.45) is 5.92 Å². The molecule has 1 aliphatic carbocycles. The summed E-state index contributed by atoms with van der Waals surface area (Å²) in [6.07, 6.45) is -3.45. The molecule has 0 radical (unpaired) electrons. The predicted octanol–water partition coefficient (Wildman–Crippen LogP) is 2.65. The molecule has 1 aliphatic rings. The van der Waals surface area contributed by atoms with E-state index < -0.39 is 41.1 Å². The minimum atomic E-state index is -4.73. The highest BCUT2D eigenvalue weighted by molar-refractivity contribution is 5.98. The zero-order valence-corrected chi connectivity index (χ0v) is 12.6. The van der Waals surface area contributed by atoms with Crippen LogP contribution in [-0.4, -0.2) is 28.8 Å². The van der Waals surface area contributed by atoms with E-state index in [1.54, 1.807) is 0 Å². The second kappa shape index (κ2) is 7.02. The number of amides is 1. The third-order valence-electron chi connectivity index (χ3n) is 4.02. The molecule has 0 heterocycles. The zero-order chi connectivity index (χ0) is 17.9. The van der Waals surface area contributed by atoms with E-state index in [4.69, 9.17) is 0 Å². The van der Waals surface area contributed by atoms with E-state index >= 15 is 0 Å². The van der Waals surface area contributed by atoms with Gasteiger partial charge in [-0.2, -0.15) is 13.2 Å². The molecule has 2 atom stereocenters. The molecule has 1 aromatic carbocycles. The summed E-state index contributed by atoms with van der Waals surface area (Å²) in [6, 6.07) is 2.76. The summed E-state index contributed by atoms with van der Waals surface area (Å²) in [7, 11) is 0. The maximum absolute atomic E-state index is 13.0. The van der Waals surface area contributed by atoms with Crippen LogP contribution in [0, 0.1) is 5.92 Å². The smallest absolute Gasteiger partial charge is 0.417 e. The first-order chi connectivity index (χ1) is 11.2. The molecule has 0 saturated heterocycles. The summed E-state index contributed by atoms with van der Waals surface area (Å²) in [5.41, 5.74) is -1.77. The fourth-order valence-electron chi connectivity index (χ4n) is 2.87. The minimum absolute atomic E-state index is 0.00182. The molecule has 1 saturated carbocycles. The van der Waals surface area contributed by atoms with Crippen molar-refractivity contribution in [3.05, 3.63) is 35.4 Å². The van der Waals surface area contributed by atoms with Crippen LogP contribution >= 0.6 is 0 Å². The number of carboxylic acid groups (broad SMARTS) is 1. The number of ketones is 1. The third-order valence-corrected chi connectivity index (χ3v) is 4.02. The molecule has 2 N–H and O–H groups in total. The van der Waals surface area contributed by atoms with Crippen molar-refractivity contribution in [2.75, 3.05) is 0 Å². The second-order valence-corrected chi connectivity index (χ2v) is 5.73. The number of Topliss-reactive ketones (excluding diaryl/α,β-unsaturated/α-hetero) is 1. The summed E-state index contributed by atoms with van der Waals surface area (Å²) in [5, 5.41) is 11.4. The summed E-state index contributed by atoms with van der Waals surface area (Å²) < 4.78 is 38.9. The number of carbonyl (C=O) groups excluding carboxylic acids is 2. The number of halogens is 3. The lowest BCUT2D eigenvalue weighted by molar-refractivity contribution is -0.141. The third kappa shape index (κ3) is 4.12. The minimum Gasteiger partial charge on any atom is -0.480 e. The predicted molar refractivity (Wildman–Crippen MR) is 77.3 cm³/mol. The Morgan fingerprint density at radius 2 is 1.92 bits per heavy atom. The van der Waals surface area contributed by atoms with Crippen molar-refractivity contribution < 1.29 is 32.7 Å². The highest BCUT2D eigenvalue weighted by atomic mass is 19.4. The van der Waals surface area contributed by atoms with Crippen molar-refractivity contribution in [1.82, 2.24) is 5.32 Å². The number of alkyl halides is 3. The lowest BCUT2D eigenvalue weighted by Crippen LogP contribution is -2.47. The van der Waals surface area contributed by atoms with Crippen LogP contribution in [0.25, 0.3) is 0 Å². The van der Waals surface area contributed by atoms with Gasteiger partial charge in [0.25, 0.3) is 5.91 Å². The van der Waals surface area contributed by atoms with Gasteiger partial charge in [0, 0.05) is 12.8 Å². The van der Waals surface area contributed by atoms with Gasteiger partial charge in [-0.25, -0.2) is 4.79 Å². The molecule has 8 heteroatoms. The highest BCUT2D eigenvalue weighted by Crippen LogP contribution is 2.32. The van der Waals surface area contributed by atoms with Crippen LogP contribution in [0.2, 0.25) is 0 Å². The Balaban J connectivity index is 2.23. The van der Waals surface area contributed by atoms with Crippen LogP contribution in [0.1, 0.15) is 41.6 Å². The summed E-state index contributed by atoms with van der Waals surface area (Å²) in [4.78, 5) is 35.1. The molecule has 24 heavy (non-hydrogen) atoms. The van der Waals surface area contributed by atoms with Crippen molar-refractivity contribution in [2.45, 2.75) is 37.9 Å². The number of aliphatic carboxylic acids is 1. The van der Waals surface area contributed by atoms with E-state index in [-0.39, 0.29) is 12.2 Å². The van der Waals surface area contributed by atoms with Crippen LogP contribution in [0.4, 0.5) is 13.2 Å². The fraction of sp³-hybridized carbons (Fsp3) is 0.438. The molecule has 1 fully saturated rings. The van der Waals surface area contributed by atoms with E-state index in [1.807, 2.05) is 0 Å². The molecule has 130 valence electrons. The number of carbonyl (C=O) groups is 3. The van der Waals surface area contributed by atoms with Gasteiger partial charge in [-0.15, -0.1) is 0 Å². The van der Waals surface area contributed by atoms with Gasteiger partial charge in [0.1, 0.15) is 11.8 Å². The van der Waals surface area contributed by atoms with Gasteiger partial charge in [-0.3, -0.25) is 9.59 Å². The molecule has 2 rings (SSSR count). The van der Waals surface area contributed by atoms with Gasteiger partial charge in [0.2, 0.25) is 0 Å². The van der Waals surface area contributed by atoms with Crippen molar-refractivity contribution in [1.29, 1.82) is 0 Å². The highest BCUT2D eigenvalue weighted by Gasteiger charge is 2.37. The SMILES string of the molecule is O=C1CCC[C@H]([C@@H](NC(=O)c2ccccc2C(F)(F)F)C(=O)O)C1. The number of benzene rings is 1. The van der Waals surface area contributed by atoms with Crippen LogP contribution < -0.4 is 5.32 Å². The second-order valence-electron chi connectivity index (χ2n) is 5.73. The van der Waals surface area contributed by atoms with Crippen molar-refractivity contribution in [3.63, 3.8) is 0 Å². The normalized spacial score (nSPS) is 19.6. The molecule has 1 aromatic rings. The quantitative estimate of drug-likeness (QED) is 0.880.